The van der Waals surface area contributed by atoms with Crippen molar-refractivity contribution < 1.29 is 9.90 Å². The first kappa shape index (κ1) is 15.3. The summed E-state index contributed by atoms with van der Waals surface area (Å²) in [7, 11) is 0. The molecule has 1 aromatic carbocycles. The molecule has 114 valence electrons. The summed E-state index contributed by atoms with van der Waals surface area (Å²) in [6.45, 7) is 1.92. The maximum absolute atomic E-state index is 10.8. The Morgan fingerprint density at radius 2 is 2.00 bits per heavy atom. The number of aliphatic carboxylic acids is 1. The molecule has 0 amide bonds. The number of pyridine rings is 1. The number of carbonyl (C=O) groups is 1. The Morgan fingerprint density at radius 3 is 2.59 bits per heavy atom. The monoisotopic (exact) mass is 336 g/mol. The molecular weight excluding hydrogens is 323 g/mol. The van der Waals surface area contributed by atoms with Crippen molar-refractivity contribution in [3.05, 3.63) is 52.1 Å². The zero-order valence-electron chi connectivity index (χ0n) is 11.7. The van der Waals surface area contributed by atoms with Gasteiger partial charge in [0.1, 0.15) is 0 Å². The van der Waals surface area contributed by atoms with Gasteiger partial charge in [0, 0.05) is 31.4 Å². The van der Waals surface area contributed by atoms with Gasteiger partial charge < -0.3 is 5.11 Å². The first-order valence-electron chi connectivity index (χ1n) is 6.88. The molecule has 1 aliphatic heterocycles. The third kappa shape index (κ3) is 3.24. The lowest BCUT2D eigenvalue weighted by Crippen LogP contribution is -2.49. The number of carboxylic acids is 1. The fraction of sp³-hybridized carbons (Fsp3) is 0.250. The molecule has 0 spiro atoms. The van der Waals surface area contributed by atoms with Crippen LogP contribution >= 0.6 is 23.2 Å². The maximum atomic E-state index is 10.8. The topological polar surface area (TPSA) is 53.4 Å². The molecule has 0 saturated carbocycles. The van der Waals surface area contributed by atoms with E-state index in [2.05, 4.69) is 9.88 Å². The highest BCUT2D eigenvalue weighted by molar-refractivity contribution is 6.42. The largest absolute Gasteiger partial charge is 0.481 e. The second-order valence-corrected chi connectivity index (χ2v) is 6.22. The van der Waals surface area contributed by atoms with Crippen LogP contribution in [0.3, 0.4) is 0 Å². The van der Waals surface area contributed by atoms with Crippen LogP contribution in [0.1, 0.15) is 5.56 Å². The first-order valence-corrected chi connectivity index (χ1v) is 7.64. The lowest BCUT2D eigenvalue weighted by Gasteiger charge is -2.36. The minimum Gasteiger partial charge on any atom is -0.481 e. The van der Waals surface area contributed by atoms with Crippen LogP contribution in [0.15, 0.2) is 36.5 Å². The van der Waals surface area contributed by atoms with Crippen molar-refractivity contribution >= 4 is 29.2 Å². The molecule has 1 saturated heterocycles. The lowest BCUT2D eigenvalue weighted by atomic mass is 10.00. The van der Waals surface area contributed by atoms with Crippen molar-refractivity contribution in [3.8, 4) is 11.3 Å². The number of halogens is 2. The minimum atomic E-state index is -0.718. The molecule has 1 aliphatic rings. The molecule has 3 rings (SSSR count). The Morgan fingerprint density at radius 1 is 1.23 bits per heavy atom. The Labute approximate surface area is 138 Å². The second kappa shape index (κ2) is 6.24. The normalized spacial score (nSPS) is 15.5. The Hall–Kier alpha value is -1.62. The number of nitrogens with zero attached hydrogens (tertiary/aromatic N) is 2. The van der Waals surface area contributed by atoms with Gasteiger partial charge in [-0.3, -0.25) is 14.7 Å². The number of likely N-dealkylation sites (tertiary alicyclic amines) is 1. The van der Waals surface area contributed by atoms with Crippen LogP contribution in [-0.4, -0.2) is 34.0 Å². The summed E-state index contributed by atoms with van der Waals surface area (Å²) in [4.78, 5) is 17.3. The summed E-state index contributed by atoms with van der Waals surface area (Å²) in [5.41, 5.74) is 2.80. The number of benzene rings is 1. The fourth-order valence-electron chi connectivity index (χ4n) is 2.46. The summed E-state index contributed by atoms with van der Waals surface area (Å²) < 4.78 is 0. The van der Waals surface area contributed by atoms with Crippen LogP contribution in [0.4, 0.5) is 0 Å². The molecule has 1 aromatic heterocycles. The highest BCUT2D eigenvalue weighted by Crippen LogP contribution is 2.27. The summed E-state index contributed by atoms with van der Waals surface area (Å²) in [5.74, 6) is -0.951. The number of hydrogen-bond acceptors (Lipinski definition) is 3. The maximum Gasteiger partial charge on any atom is 0.309 e. The molecule has 1 N–H and O–H groups in total. The van der Waals surface area contributed by atoms with E-state index in [1.54, 1.807) is 12.1 Å². The standard InChI is InChI=1S/C16H14Cl2N2O2/c17-13-3-2-11(5-14(13)18)15-4-1-10(6-19-15)7-20-8-12(9-20)16(21)22/h1-6,12H,7-9H2,(H,21,22). The molecule has 22 heavy (non-hydrogen) atoms. The van der Waals surface area contributed by atoms with Crippen LogP contribution < -0.4 is 0 Å². The van der Waals surface area contributed by atoms with Gasteiger partial charge in [0.2, 0.25) is 0 Å². The number of rotatable bonds is 4. The third-order valence-corrected chi connectivity index (χ3v) is 4.49. The molecule has 6 heteroatoms. The SMILES string of the molecule is O=C(O)C1CN(Cc2ccc(-c3ccc(Cl)c(Cl)c3)nc2)C1. The predicted molar refractivity (Wildman–Crippen MR) is 86.1 cm³/mol. The smallest absolute Gasteiger partial charge is 0.309 e. The molecule has 4 nitrogen and oxygen atoms in total. The van der Waals surface area contributed by atoms with Crippen molar-refractivity contribution in [2.75, 3.05) is 13.1 Å². The van der Waals surface area contributed by atoms with E-state index in [1.807, 2.05) is 24.4 Å². The number of hydrogen-bond donors (Lipinski definition) is 1. The van der Waals surface area contributed by atoms with E-state index in [9.17, 15) is 4.79 Å². The molecule has 0 bridgehead atoms. The Bertz CT molecular complexity index is 698. The highest BCUT2D eigenvalue weighted by atomic mass is 35.5. The van der Waals surface area contributed by atoms with Gasteiger partial charge in [-0.25, -0.2) is 0 Å². The average molecular weight is 337 g/mol. The van der Waals surface area contributed by atoms with Gasteiger partial charge in [-0.05, 0) is 23.8 Å². The highest BCUT2D eigenvalue weighted by Gasteiger charge is 2.32. The molecule has 0 radical (unpaired) electrons. The van der Waals surface area contributed by atoms with E-state index in [0.717, 1.165) is 23.4 Å². The van der Waals surface area contributed by atoms with Gasteiger partial charge in [0.25, 0.3) is 0 Å². The zero-order chi connectivity index (χ0) is 15.7. The van der Waals surface area contributed by atoms with Gasteiger partial charge in [-0.15, -0.1) is 0 Å². The van der Waals surface area contributed by atoms with Crippen molar-refractivity contribution in [3.63, 3.8) is 0 Å². The van der Waals surface area contributed by atoms with Crippen LogP contribution in [-0.2, 0) is 11.3 Å². The van der Waals surface area contributed by atoms with E-state index in [4.69, 9.17) is 28.3 Å². The molecule has 1 fully saturated rings. The van der Waals surface area contributed by atoms with Crippen molar-refractivity contribution in [2.24, 2.45) is 5.92 Å². The molecule has 0 unspecified atom stereocenters. The van der Waals surface area contributed by atoms with Gasteiger partial charge in [0.15, 0.2) is 0 Å². The molecular formula is C16H14Cl2N2O2. The summed E-state index contributed by atoms with van der Waals surface area (Å²) in [6, 6.07) is 9.35. The van der Waals surface area contributed by atoms with Gasteiger partial charge in [-0.2, -0.15) is 0 Å². The van der Waals surface area contributed by atoms with Crippen LogP contribution in [0.2, 0.25) is 10.0 Å². The average Bonchev–Trinajstić information content (AvgIpc) is 2.45. The van der Waals surface area contributed by atoms with E-state index >= 15 is 0 Å². The van der Waals surface area contributed by atoms with Crippen LogP contribution in [0, 0.1) is 5.92 Å². The summed E-state index contributed by atoms with van der Waals surface area (Å²) in [6.07, 6.45) is 1.81. The number of carboxylic acid groups (broad SMARTS) is 1. The van der Waals surface area contributed by atoms with E-state index in [-0.39, 0.29) is 5.92 Å². The van der Waals surface area contributed by atoms with E-state index < -0.39 is 5.97 Å². The van der Waals surface area contributed by atoms with Crippen LogP contribution in [0.25, 0.3) is 11.3 Å². The van der Waals surface area contributed by atoms with Crippen molar-refractivity contribution in [2.45, 2.75) is 6.54 Å². The summed E-state index contributed by atoms with van der Waals surface area (Å²) >= 11 is 11.9. The fourth-order valence-corrected chi connectivity index (χ4v) is 2.76. The second-order valence-electron chi connectivity index (χ2n) is 5.41. The molecule has 2 heterocycles. The van der Waals surface area contributed by atoms with Crippen molar-refractivity contribution in [1.82, 2.24) is 9.88 Å². The lowest BCUT2D eigenvalue weighted by molar-refractivity contribution is -0.147. The molecule has 0 atom stereocenters. The van der Waals surface area contributed by atoms with E-state index in [1.165, 1.54) is 0 Å². The predicted octanol–water partition coefficient (Wildman–Crippen LogP) is 3.57. The van der Waals surface area contributed by atoms with Crippen LogP contribution in [0.5, 0.6) is 0 Å². The molecule has 2 aromatic rings. The third-order valence-electron chi connectivity index (χ3n) is 3.75. The van der Waals surface area contributed by atoms with Crippen molar-refractivity contribution in [1.29, 1.82) is 0 Å². The molecule has 0 aliphatic carbocycles. The Kier molecular flexibility index (Phi) is 4.34. The van der Waals surface area contributed by atoms with Gasteiger partial charge in [-0.1, -0.05) is 35.3 Å². The zero-order valence-corrected chi connectivity index (χ0v) is 13.2. The van der Waals surface area contributed by atoms with Gasteiger partial charge >= 0.3 is 5.97 Å². The Balaban J connectivity index is 1.65. The number of aromatic nitrogens is 1. The van der Waals surface area contributed by atoms with Gasteiger partial charge in [0.05, 0.1) is 21.7 Å². The van der Waals surface area contributed by atoms with E-state index in [0.29, 0.717) is 23.1 Å². The minimum absolute atomic E-state index is 0.233. The quantitative estimate of drug-likeness (QED) is 0.927. The summed E-state index contributed by atoms with van der Waals surface area (Å²) in [5, 5.41) is 9.89. The first-order chi connectivity index (χ1) is 10.5.